The number of aromatic nitrogens is 2. The Morgan fingerprint density at radius 3 is 2.50 bits per heavy atom. The molecule has 2 aromatic rings. The highest BCUT2D eigenvalue weighted by atomic mass is 79.9. The van der Waals surface area contributed by atoms with Gasteiger partial charge in [0.25, 0.3) is 0 Å². The molecule has 1 aromatic carbocycles. The zero-order chi connectivity index (χ0) is 14.5. The first kappa shape index (κ1) is 15.7. The molecular weight excluding hydrogens is 382 g/mol. The third-order valence-electron chi connectivity index (χ3n) is 3.24. The average Bonchev–Trinajstić information content (AvgIpc) is 2.78. The molecule has 0 radical (unpaired) electrons. The molecule has 0 aliphatic carbocycles. The van der Waals surface area contributed by atoms with Crippen molar-refractivity contribution in [2.45, 2.75) is 25.8 Å². The van der Waals surface area contributed by atoms with Gasteiger partial charge >= 0.3 is 0 Å². The second kappa shape index (κ2) is 7.38. The largest absolute Gasteiger partial charge is 0.338 e. The summed E-state index contributed by atoms with van der Waals surface area (Å²) in [5, 5.41) is 3.61. The molecule has 0 bridgehead atoms. The van der Waals surface area contributed by atoms with Gasteiger partial charge in [0.05, 0.1) is 0 Å². The number of aryl methyl sites for hydroxylation is 1. The molecule has 20 heavy (non-hydrogen) atoms. The third-order valence-corrected chi connectivity index (χ3v) is 4.15. The van der Waals surface area contributed by atoms with Crippen molar-refractivity contribution in [3.05, 3.63) is 50.9 Å². The Bertz CT molecular complexity index is 546. The second-order valence-corrected chi connectivity index (χ2v) is 6.70. The van der Waals surface area contributed by atoms with Gasteiger partial charge in [-0.3, -0.25) is 0 Å². The maximum absolute atomic E-state index is 4.43. The van der Waals surface area contributed by atoms with Crippen molar-refractivity contribution in [3.63, 3.8) is 0 Å². The van der Waals surface area contributed by atoms with Gasteiger partial charge in [-0.1, -0.05) is 38.8 Å². The number of hydrogen-bond acceptors (Lipinski definition) is 2. The Labute approximate surface area is 137 Å². The molecule has 1 atom stereocenters. The molecule has 0 aliphatic rings. The van der Waals surface area contributed by atoms with E-state index >= 15 is 0 Å². The van der Waals surface area contributed by atoms with Crippen molar-refractivity contribution in [2.75, 3.05) is 6.54 Å². The van der Waals surface area contributed by atoms with Crippen LogP contribution in [0, 0.1) is 0 Å². The van der Waals surface area contributed by atoms with Crippen LogP contribution in [0.1, 0.15) is 30.8 Å². The molecule has 0 amide bonds. The predicted octanol–water partition coefficient (Wildman–Crippen LogP) is 4.23. The number of nitrogens with zero attached hydrogens (tertiary/aromatic N) is 2. The van der Waals surface area contributed by atoms with E-state index in [1.807, 2.05) is 19.4 Å². The molecule has 1 N–H and O–H groups in total. The van der Waals surface area contributed by atoms with Crippen molar-refractivity contribution < 1.29 is 0 Å². The standard InChI is InChI=1S/C15H19Br2N3/c1-3-4-18-14(10-15-19-5-6-20(15)2)11-7-12(16)9-13(17)8-11/h5-9,14,18H,3-4,10H2,1-2H3. The summed E-state index contributed by atoms with van der Waals surface area (Å²) >= 11 is 7.13. The fraction of sp³-hybridized carbons (Fsp3) is 0.400. The Balaban J connectivity index is 2.24. The predicted molar refractivity (Wildman–Crippen MR) is 89.8 cm³/mol. The first-order chi connectivity index (χ1) is 9.60. The lowest BCUT2D eigenvalue weighted by atomic mass is 10.0. The van der Waals surface area contributed by atoms with Gasteiger partial charge in [0.2, 0.25) is 0 Å². The smallest absolute Gasteiger partial charge is 0.110 e. The van der Waals surface area contributed by atoms with E-state index in [0.717, 1.165) is 34.2 Å². The topological polar surface area (TPSA) is 29.9 Å². The van der Waals surface area contributed by atoms with Gasteiger partial charge in [-0.25, -0.2) is 4.98 Å². The van der Waals surface area contributed by atoms with Crippen molar-refractivity contribution in [1.29, 1.82) is 0 Å². The van der Waals surface area contributed by atoms with E-state index in [1.165, 1.54) is 5.56 Å². The summed E-state index contributed by atoms with van der Waals surface area (Å²) in [6.07, 6.45) is 5.84. The van der Waals surface area contributed by atoms with Crippen LogP contribution in [0.2, 0.25) is 0 Å². The molecular formula is C15H19Br2N3. The van der Waals surface area contributed by atoms with E-state index in [-0.39, 0.29) is 6.04 Å². The van der Waals surface area contributed by atoms with Crippen LogP contribution < -0.4 is 5.32 Å². The summed E-state index contributed by atoms with van der Waals surface area (Å²) in [7, 11) is 2.04. The van der Waals surface area contributed by atoms with Crippen molar-refractivity contribution in [3.8, 4) is 0 Å². The van der Waals surface area contributed by atoms with Crippen molar-refractivity contribution >= 4 is 31.9 Å². The summed E-state index contributed by atoms with van der Waals surface area (Å²) in [5.74, 6) is 1.09. The van der Waals surface area contributed by atoms with Crippen molar-refractivity contribution in [2.24, 2.45) is 7.05 Å². The van der Waals surface area contributed by atoms with E-state index in [1.54, 1.807) is 0 Å². The number of nitrogens with one attached hydrogen (secondary N) is 1. The van der Waals surface area contributed by atoms with Crippen LogP contribution in [0.3, 0.4) is 0 Å². The third kappa shape index (κ3) is 4.17. The Hall–Kier alpha value is -0.650. The molecule has 1 heterocycles. The monoisotopic (exact) mass is 399 g/mol. The number of rotatable bonds is 6. The highest BCUT2D eigenvalue weighted by Crippen LogP contribution is 2.26. The fourth-order valence-electron chi connectivity index (χ4n) is 2.18. The van der Waals surface area contributed by atoms with Crippen molar-refractivity contribution in [1.82, 2.24) is 14.9 Å². The fourth-order valence-corrected chi connectivity index (χ4v) is 3.51. The second-order valence-electron chi connectivity index (χ2n) is 4.87. The molecule has 0 saturated carbocycles. The molecule has 3 nitrogen and oxygen atoms in total. The van der Waals surface area contributed by atoms with Gasteiger partial charge in [-0.15, -0.1) is 0 Å². The van der Waals surface area contributed by atoms with Crippen LogP contribution in [-0.4, -0.2) is 16.1 Å². The van der Waals surface area contributed by atoms with Crippen LogP contribution >= 0.6 is 31.9 Å². The molecule has 0 saturated heterocycles. The van der Waals surface area contributed by atoms with Crippen LogP contribution in [0.15, 0.2) is 39.5 Å². The minimum absolute atomic E-state index is 0.268. The molecule has 2 rings (SSSR count). The number of hydrogen-bond donors (Lipinski definition) is 1. The van der Waals surface area contributed by atoms with Gasteiger partial charge in [0, 0.05) is 40.8 Å². The normalized spacial score (nSPS) is 12.6. The Morgan fingerprint density at radius 2 is 1.95 bits per heavy atom. The van der Waals surface area contributed by atoms with Crippen LogP contribution in [0.4, 0.5) is 0 Å². The van der Waals surface area contributed by atoms with E-state index in [0.29, 0.717) is 0 Å². The lowest BCUT2D eigenvalue weighted by Crippen LogP contribution is -2.25. The highest BCUT2D eigenvalue weighted by Gasteiger charge is 2.15. The van der Waals surface area contributed by atoms with Gasteiger partial charge in [0.15, 0.2) is 0 Å². The molecule has 0 aliphatic heterocycles. The SMILES string of the molecule is CCCNC(Cc1nccn1C)c1cc(Br)cc(Br)c1. The molecule has 108 valence electrons. The van der Waals surface area contributed by atoms with Gasteiger partial charge in [-0.2, -0.15) is 0 Å². The molecule has 5 heteroatoms. The average molecular weight is 401 g/mol. The van der Waals surface area contributed by atoms with Gasteiger partial charge in [-0.05, 0) is 36.7 Å². The van der Waals surface area contributed by atoms with Crippen LogP contribution in [0.5, 0.6) is 0 Å². The summed E-state index contributed by atoms with van der Waals surface area (Å²) in [6, 6.07) is 6.66. The molecule has 0 spiro atoms. The summed E-state index contributed by atoms with van der Waals surface area (Å²) in [6.45, 7) is 3.18. The molecule has 1 unspecified atom stereocenters. The summed E-state index contributed by atoms with van der Waals surface area (Å²) < 4.78 is 4.25. The lowest BCUT2D eigenvalue weighted by Gasteiger charge is -2.19. The first-order valence-corrected chi connectivity index (χ1v) is 8.34. The number of halogens is 2. The van der Waals surface area contributed by atoms with Crippen LogP contribution in [0.25, 0.3) is 0 Å². The minimum atomic E-state index is 0.268. The Kier molecular flexibility index (Phi) is 5.81. The zero-order valence-electron chi connectivity index (χ0n) is 11.7. The zero-order valence-corrected chi connectivity index (χ0v) is 14.9. The van der Waals surface area contributed by atoms with E-state index in [4.69, 9.17) is 0 Å². The summed E-state index contributed by atoms with van der Waals surface area (Å²) in [5.41, 5.74) is 1.27. The maximum Gasteiger partial charge on any atom is 0.110 e. The first-order valence-electron chi connectivity index (χ1n) is 6.75. The molecule has 1 aromatic heterocycles. The van der Waals surface area contributed by atoms with E-state index < -0.39 is 0 Å². The maximum atomic E-state index is 4.43. The van der Waals surface area contributed by atoms with E-state index in [9.17, 15) is 0 Å². The molecule has 0 fully saturated rings. The number of imidazole rings is 1. The van der Waals surface area contributed by atoms with Gasteiger partial charge < -0.3 is 9.88 Å². The summed E-state index contributed by atoms with van der Waals surface area (Å²) in [4.78, 5) is 4.43. The van der Waals surface area contributed by atoms with Gasteiger partial charge in [0.1, 0.15) is 5.82 Å². The number of benzene rings is 1. The van der Waals surface area contributed by atoms with Crippen LogP contribution in [-0.2, 0) is 13.5 Å². The van der Waals surface area contributed by atoms with E-state index in [2.05, 4.69) is 71.9 Å². The highest BCUT2D eigenvalue weighted by molar-refractivity contribution is 9.11. The quantitative estimate of drug-likeness (QED) is 0.786. The minimum Gasteiger partial charge on any atom is -0.338 e. The lowest BCUT2D eigenvalue weighted by molar-refractivity contribution is 0.511. The Morgan fingerprint density at radius 1 is 1.25 bits per heavy atom.